The van der Waals surface area contributed by atoms with Crippen molar-refractivity contribution in [2.45, 2.75) is 12.8 Å². The van der Waals surface area contributed by atoms with Gasteiger partial charge in [-0.3, -0.25) is 4.79 Å². The van der Waals surface area contributed by atoms with Gasteiger partial charge in [-0.05, 0) is 18.3 Å². The van der Waals surface area contributed by atoms with Crippen LogP contribution in [0.4, 0.5) is 0 Å². The van der Waals surface area contributed by atoms with Crippen molar-refractivity contribution in [1.82, 2.24) is 9.21 Å². The number of piperidine rings is 1. The van der Waals surface area contributed by atoms with Gasteiger partial charge in [0.1, 0.15) is 6.61 Å². The molecular formula is C14H26N2O5S. The molecule has 2 aliphatic heterocycles. The maximum absolute atomic E-state index is 11.9. The Morgan fingerprint density at radius 3 is 2.36 bits per heavy atom. The van der Waals surface area contributed by atoms with Crippen LogP contribution in [0.1, 0.15) is 12.8 Å². The summed E-state index contributed by atoms with van der Waals surface area (Å²) in [6.45, 7) is 3.01. The largest absolute Gasteiger partial charge is 0.384 e. The Morgan fingerprint density at radius 1 is 1.23 bits per heavy atom. The van der Waals surface area contributed by atoms with E-state index < -0.39 is 10.0 Å². The average molecular weight is 334 g/mol. The molecule has 0 N–H and O–H groups in total. The van der Waals surface area contributed by atoms with Gasteiger partial charge in [-0.1, -0.05) is 0 Å². The molecule has 7 nitrogen and oxygen atoms in total. The summed E-state index contributed by atoms with van der Waals surface area (Å²) < 4.78 is 35.5. The van der Waals surface area contributed by atoms with Gasteiger partial charge < -0.3 is 14.4 Å². The zero-order valence-corrected chi connectivity index (χ0v) is 14.4. The van der Waals surface area contributed by atoms with Crippen molar-refractivity contribution in [1.29, 1.82) is 0 Å². The highest BCUT2D eigenvalue weighted by atomic mass is 32.2. The molecule has 1 amide bonds. The SMILES string of the molecule is COCC(=O)N1CCC2(CC1)CN(S(C)(=O)=O)CC2COC. The summed E-state index contributed by atoms with van der Waals surface area (Å²) in [4.78, 5) is 13.7. The molecule has 1 spiro atoms. The smallest absolute Gasteiger partial charge is 0.248 e. The van der Waals surface area contributed by atoms with Crippen LogP contribution >= 0.6 is 0 Å². The second-order valence-corrected chi connectivity index (χ2v) is 8.37. The van der Waals surface area contributed by atoms with E-state index in [1.54, 1.807) is 11.4 Å². The Morgan fingerprint density at radius 2 is 1.86 bits per heavy atom. The minimum atomic E-state index is -3.19. The Labute approximate surface area is 132 Å². The van der Waals surface area contributed by atoms with Gasteiger partial charge in [-0.15, -0.1) is 0 Å². The highest BCUT2D eigenvalue weighted by molar-refractivity contribution is 7.88. The molecule has 128 valence electrons. The van der Waals surface area contributed by atoms with E-state index in [0.29, 0.717) is 32.8 Å². The molecule has 2 rings (SSSR count). The van der Waals surface area contributed by atoms with Crippen molar-refractivity contribution >= 4 is 15.9 Å². The number of carbonyl (C=O) groups is 1. The summed E-state index contributed by atoms with van der Waals surface area (Å²) in [6.07, 6.45) is 2.87. The number of rotatable bonds is 5. The highest BCUT2D eigenvalue weighted by Crippen LogP contribution is 2.45. The number of likely N-dealkylation sites (tertiary alicyclic amines) is 1. The number of ether oxygens (including phenoxy) is 2. The molecule has 2 fully saturated rings. The third-order valence-electron chi connectivity index (χ3n) is 5.00. The first-order valence-corrected chi connectivity index (χ1v) is 9.38. The van der Waals surface area contributed by atoms with Crippen molar-refractivity contribution in [3.63, 3.8) is 0 Å². The molecule has 2 saturated heterocycles. The molecule has 0 radical (unpaired) electrons. The third-order valence-corrected chi connectivity index (χ3v) is 6.21. The minimum absolute atomic E-state index is 0.00129. The molecule has 1 atom stereocenters. The monoisotopic (exact) mass is 334 g/mol. The van der Waals surface area contributed by atoms with Crippen LogP contribution < -0.4 is 0 Å². The van der Waals surface area contributed by atoms with Crippen molar-refractivity contribution in [2.24, 2.45) is 11.3 Å². The van der Waals surface area contributed by atoms with Gasteiger partial charge in [0.25, 0.3) is 0 Å². The fraction of sp³-hybridized carbons (Fsp3) is 0.929. The van der Waals surface area contributed by atoms with Gasteiger partial charge in [0.15, 0.2) is 0 Å². The molecule has 0 aromatic heterocycles. The third kappa shape index (κ3) is 3.61. The molecule has 2 heterocycles. The quantitative estimate of drug-likeness (QED) is 0.695. The van der Waals surface area contributed by atoms with Gasteiger partial charge in [-0.25, -0.2) is 12.7 Å². The van der Waals surface area contributed by atoms with Gasteiger partial charge in [0.2, 0.25) is 15.9 Å². The normalized spacial score (nSPS) is 25.8. The Hall–Kier alpha value is -0.700. The Balaban J connectivity index is 2.07. The van der Waals surface area contributed by atoms with E-state index in [1.807, 2.05) is 4.90 Å². The van der Waals surface area contributed by atoms with Gasteiger partial charge in [-0.2, -0.15) is 0 Å². The van der Waals surface area contributed by atoms with Crippen LogP contribution in [0.2, 0.25) is 0 Å². The zero-order chi connectivity index (χ0) is 16.4. The van der Waals surface area contributed by atoms with Crippen LogP contribution in [0, 0.1) is 11.3 Å². The van der Waals surface area contributed by atoms with E-state index in [4.69, 9.17) is 9.47 Å². The second-order valence-electron chi connectivity index (χ2n) is 6.38. The van der Waals surface area contributed by atoms with Crippen LogP contribution in [0.15, 0.2) is 0 Å². The summed E-state index contributed by atoms with van der Waals surface area (Å²) in [5, 5.41) is 0. The number of nitrogens with zero attached hydrogens (tertiary/aromatic N) is 2. The number of sulfonamides is 1. The van der Waals surface area contributed by atoms with Gasteiger partial charge in [0, 0.05) is 46.3 Å². The lowest BCUT2D eigenvalue weighted by molar-refractivity contribution is -0.138. The standard InChI is InChI=1S/C14H26N2O5S/c1-20-9-12-8-16(22(3,18)19)11-14(12)4-6-15(7-5-14)13(17)10-21-2/h12H,4-11H2,1-3H3. The second kappa shape index (κ2) is 6.82. The molecular weight excluding hydrogens is 308 g/mol. The number of carbonyl (C=O) groups excluding carboxylic acids is 1. The molecule has 0 aromatic carbocycles. The van der Waals surface area contributed by atoms with Crippen molar-refractivity contribution in [3.8, 4) is 0 Å². The van der Waals surface area contributed by atoms with Crippen LogP contribution in [0.25, 0.3) is 0 Å². The van der Waals surface area contributed by atoms with Crippen molar-refractivity contribution < 1.29 is 22.7 Å². The Bertz CT molecular complexity index is 499. The molecule has 2 aliphatic rings. The molecule has 0 saturated carbocycles. The lowest BCUT2D eigenvalue weighted by atomic mass is 9.71. The van der Waals surface area contributed by atoms with Crippen LogP contribution in [0.5, 0.6) is 0 Å². The van der Waals surface area contributed by atoms with Crippen LogP contribution in [-0.4, -0.2) is 83.4 Å². The van der Waals surface area contributed by atoms with E-state index in [-0.39, 0.29) is 23.8 Å². The topological polar surface area (TPSA) is 76.2 Å². The number of methoxy groups -OCH3 is 2. The average Bonchev–Trinajstić information content (AvgIpc) is 2.79. The first-order valence-electron chi connectivity index (χ1n) is 7.53. The van der Waals surface area contributed by atoms with E-state index >= 15 is 0 Å². The first kappa shape index (κ1) is 17.7. The van der Waals surface area contributed by atoms with Crippen LogP contribution in [-0.2, 0) is 24.3 Å². The predicted octanol–water partition coefficient (Wildman–Crippen LogP) is -0.221. The number of amides is 1. The maximum atomic E-state index is 11.9. The summed E-state index contributed by atoms with van der Waals surface area (Å²) in [5.74, 6) is 0.186. The summed E-state index contributed by atoms with van der Waals surface area (Å²) >= 11 is 0. The molecule has 1 unspecified atom stereocenters. The molecule has 0 aliphatic carbocycles. The van der Waals surface area contributed by atoms with Gasteiger partial charge >= 0.3 is 0 Å². The molecule has 22 heavy (non-hydrogen) atoms. The molecule has 8 heteroatoms. The number of hydrogen-bond donors (Lipinski definition) is 0. The molecule has 0 bridgehead atoms. The van der Waals surface area contributed by atoms with Crippen molar-refractivity contribution in [2.75, 3.05) is 59.9 Å². The maximum Gasteiger partial charge on any atom is 0.248 e. The number of hydrogen-bond acceptors (Lipinski definition) is 5. The Kier molecular flexibility index (Phi) is 5.47. The summed E-state index contributed by atoms with van der Waals surface area (Å²) in [5.41, 5.74) is -0.0804. The van der Waals surface area contributed by atoms with Crippen molar-refractivity contribution in [3.05, 3.63) is 0 Å². The van der Waals surface area contributed by atoms with E-state index in [9.17, 15) is 13.2 Å². The lowest BCUT2D eigenvalue weighted by Crippen LogP contribution is -2.48. The zero-order valence-electron chi connectivity index (χ0n) is 13.6. The van der Waals surface area contributed by atoms with Crippen LogP contribution in [0.3, 0.4) is 0 Å². The summed E-state index contributed by atoms with van der Waals surface area (Å²) in [6, 6.07) is 0. The fourth-order valence-electron chi connectivity index (χ4n) is 3.65. The molecule has 0 aromatic rings. The van der Waals surface area contributed by atoms with E-state index in [1.165, 1.54) is 13.4 Å². The van der Waals surface area contributed by atoms with E-state index in [2.05, 4.69) is 0 Å². The summed E-state index contributed by atoms with van der Waals surface area (Å²) in [7, 11) is -0.0307. The highest BCUT2D eigenvalue weighted by Gasteiger charge is 2.50. The van der Waals surface area contributed by atoms with E-state index in [0.717, 1.165) is 12.8 Å². The first-order chi connectivity index (χ1) is 10.3. The predicted molar refractivity (Wildman–Crippen MR) is 81.9 cm³/mol. The van der Waals surface area contributed by atoms with Gasteiger partial charge in [0.05, 0.1) is 12.9 Å². The fourth-order valence-corrected chi connectivity index (χ4v) is 4.59. The minimum Gasteiger partial charge on any atom is -0.384 e. The lowest BCUT2D eigenvalue weighted by Gasteiger charge is -2.42.